The molecule has 1 saturated carbocycles. The largest absolute Gasteiger partial charge is 0.481 e. The van der Waals surface area contributed by atoms with Gasteiger partial charge in [-0.3, -0.25) is 14.4 Å². The Hall–Kier alpha value is -2.02. The summed E-state index contributed by atoms with van der Waals surface area (Å²) in [5, 5.41) is 11.6. The van der Waals surface area contributed by atoms with E-state index in [9.17, 15) is 14.4 Å². The lowest BCUT2D eigenvalue weighted by Crippen LogP contribution is -2.51. The molecule has 2 aliphatic rings. The lowest BCUT2D eigenvalue weighted by Gasteiger charge is -2.34. The minimum atomic E-state index is -0.817. The number of anilines is 1. The van der Waals surface area contributed by atoms with E-state index in [1.54, 1.807) is 0 Å². The molecule has 0 unspecified atom stereocenters. The maximum Gasteiger partial charge on any atom is 0.306 e. The minimum Gasteiger partial charge on any atom is -0.481 e. The molecule has 1 aromatic carbocycles. The van der Waals surface area contributed by atoms with Crippen LogP contribution in [0.4, 0.5) is 5.69 Å². The standard InChI is InChI=1S/C15H16N2O4S/c18-13(16-10-5-9(6-10)15(20)21)7-17-11-3-1-2-4-12(11)22-8-14(17)19/h1-4,9-10H,5-8H2,(H,16,18)(H,20,21). The van der Waals surface area contributed by atoms with Gasteiger partial charge in [-0.05, 0) is 25.0 Å². The zero-order valence-electron chi connectivity index (χ0n) is 11.8. The molecule has 6 nitrogen and oxygen atoms in total. The highest BCUT2D eigenvalue weighted by Crippen LogP contribution is 2.34. The molecule has 116 valence electrons. The molecule has 1 aromatic rings. The number of hydrogen-bond acceptors (Lipinski definition) is 4. The van der Waals surface area contributed by atoms with Crippen molar-refractivity contribution in [3.05, 3.63) is 24.3 Å². The molecule has 1 fully saturated rings. The Morgan fingerprint density at radius 3 is 2.77 bits per heavy atom. The highest BCUT2D eigenvalue weighted by molar-refractivity contribution is 8.00. The molecule has 2 N–H and O–H groups in total. The van der Waals surface area contributed by atoms with E-state index >= 15 is 0 Å². The normalized spacial score (nSPS) is 23.5. The van der Waals surface area contributed by atoms with Gasteiger partial charge in [-0.1, -0.05) is 12.1 Å². The SMILES string of the molecule is O=C(CN1C(=O)CSc2ccccc21)NC1CC(C(=O)O)C1. The highest BCUT2D eigenvalue weighted by atomic mass is 32.2. The smallest absolute Gasteiger partial charge is 0.306 e. The summed E-state index contributed by atoms with van der Waals surface area (Å²) in [5.41, 5.74) is 0.760. The third kappa shape index (κ3) is 2.94. The van der Waals surface area contributed by atoms with Crippen LogP contribution in [0, 0.1) is 5.92 Å². The summed E-state index contributed by atoms with van der Waals surface area (Å²) in [4.78, 5) is 37.4. The van der Waals surface area contributed by atoms with Crippen LogP contribution in [0.25, 0.3) is 0 Å². The number of benzene rings is 1. The maximum atomic E-state index is 12.1. The topological polar surface area (TPSA) is 86.7 Å². The highest BCUT2D eigenvalue weighted by Gasteiger charge is 2.36. The fraction of sp³-hybridized carbons (Fsp3) is 0.400. The average Bonchev–Trinajstić information content (AvgIpc) is 2.45. The van der Waals surface area contributed by atoms with Crippen LogP contribution in [0.15, 0.2) is 29.2 Å². The first kappa shape index (κ1) is 14.9. The van der Waals surface area contributed by atoms with Crippen LogP contribution in [-0.4, -0.2) is 41.2 Å². The number of fused-ring (bicyclic) bond motifs is 1. The number of hydrogen-bond donors (Lipinski definition) is 2. The van der Waals surface area contributed by atoms with Crippen molar-refractivity contribution in [2.45, 2.75) is 23.8 Å². The van der Waals surface area contributed by atoms with Gasteiger partial charge >= 0.3 is 5.97 Å². The molecule has 0 bridgehead atoms. The van der Waals surface area contributed by atoms with Crippen LogP contribution in [0.1, 0.15) is 12.8 Å². The van der Waals surface area contributed by atoms with Crippen molar-refractivity contribution in [2.24, 2.45) is 5.92 Å². The Morgan fingerprint density at radius 2 is 2.05 bits per heavy atom. The average molecular weight is 320 g/mol. The number of carbonyl (C=O) groups is 3. The summed E-state index contributed by atoms with van der Waals surface area (Å²) in [6.07, 6.45) is 0.920. The summed E-state index contributed by atoms with van der Waals surface area (Å²) in [7, 11) is 0. The number of thioether (sulfide) groups is 1. The maximum absolute atomic E-state index is 12.1. The summed E-state index contributed by atoms with van der Waals surface area (Å²) < 4.78 is 0. The number of rotatable bonds is 4. The van der Waals surface area contributed by atoms with Crippen LogP contribution < -0.4 is 10.2 Å². The molecule has 1 aliphatic carbocycles. The Balaban J connectivity index is 1.60. The number of para-hydroxylation sites is 1. The molecule has 0 spiro atoms. The predicted octanol–water partition coefficient (Wildman–Crippen LogP) is 1.10. The fourth-order valence-corrected chi connectivity index (χ4v) is 3.62. The molecule has 2 amide bonds. The number of carboxylic acids is 1. The molecule has 0 radical (unpaired) electrons. The van der Waals surface area contributed by atoms with E-state index in [-0.39, 0.29) is 30.3 Å². The quantitative estimate of drug-likeness (QED) is 0.868. The van der Waals surface area contributed by atoms with Crippen LogP contribution >= 0.6 is 11.8 Å². The molecule has 1 heterocycles. The molecule has 7 heteroatoms. The summed E-state index contributed by atoms with van der Waals surface area (Å²) >= 11 is 1.47. The van der Waals surface area contributed by atoms with Gasteiger partial charge < -0.3 is 15.3 Å². The van der Waals surface area contributed by atoms with Crippen LogP contribution in [-0.2, 0) is 14.4 Å². The zero-order valence-corrected chi connectivity index (χ0v) is 12.6. The zero-order chi connectivity index (χ0) is 15.7. The third-order valence-corrected chi connectivity index (χ3v) is 5.01. The number of amides is 2. The van der Waals surface area contributed by atoms with E-state index in [2.05, 4.69) is 5.32 Å². The van der Waals surface area contributed by atoms with Gasteiger partial charge in [0.2, 0.25) is 11.8 Å². The first-order valence-corrected chi connectivity index (χ1v) is 8.07. The van der Waals surface area contributed by atoms with E-state index < -0.39 is 5.97 Å². The van der Waals surface area contributed by atoms with E-state index in [1.165, 1.54) is 16.7 Å². The second-order valence-electron chi connectivity index (χ2n) is 5.51. The predicted molar refractivity (Wildman–Crippen MR) is 81.8 cm³/mol. The number of carbonyl (C=O) groups excluding carboxylic acids is 2. The van der Waals surface area contributed by atoms with Gasteiger partial charge in [0.25, 0.3) is 0 Å². The Labute approximate surface area is 131 Å². The van der Waals surface area contributed by atoms with Crippen molar-refractivity contribution in [2.75, 3.05) is 17.2 Å². The fourth-order valence-electron chi connectivity index (χ4n) is 2.68. The Morgan fingerprint density at radius 1 is 1.32 bits per heavy atom. The van der Waals surface area contributed by atoms with Crippen molar-refractivity contribution < 1.29 is 19.5 Å². The van der Waals surface area contributed by atoms with Gasteiger partial charge in [0.15, 0.2) is 0 Å². The van der Waals surface area contributed by atoms with Crippen LogP contribution in [0.3, 0.4) is 0 Å². The lowest BCUT2D eigenvalue weighted by atomic mass is 9.80. The van der Waals surface area contributed by atoms with Crippen molar-refractivity contribution >= 4 is 35.2 Å². The summed E-state index contributed by atoms with van der Waals surface area (Å²) in [6.45, 7) is -0.0232. The molecule has 3 rings (SSSR count). The lowest BCUT2D eigenvalue weighted by molar-refractivity contribution is -0.146. The molecule has 22 heavy (non-hydrogen) atoms. The molecule has 1 aliphatic heterocycles. The molecule has 0 saturated heterocycles. The second kappa shape index (κ2) is 6.00. The van der Waals surface area contributed by atoms with Gasteiger partial charge in [0, 0.05) is 10.9 Å². The van der Waals surface area contributed by atoms with Gasteiger partial charge in [0.05, 0.1) is 17.4 Å². The number of nitrogens with one attached hydrogen (secondary N) is 1. The Bertz CT molecular complexity index is 628. The van der Waals surface area contributed by atoms with E-state index in [1.807, 2.05) is 24.3 Å². The third-order valence-electron chi connectivity index (χ3n) is 3.96. The first-order chi connectivity index (χ1) is 10.5. The Kier molecular flexibility index (Phi) is 4.06. The number of aliphatic carboxylic acids is 1. The molecule has 0 aromatic heterocycles. The summed E-state index contributed by atoms with van der Waals surface area (Å²) in [6, 6.07) is 7.40. The van der Waals surface area contributed by atoms with Gasteiger partial charge in [-0.25, -0.2) is 0 Å². The van der Waals surface area contributed by atoms with Crippen molar-refractivity contribution in [1.29, 1.82) is 0 Å². The van der Waals surface area contributed by atoms with Crippen molar-refractivity contribution in [1.82, 2.24) is 5.32 Å². The second-order valence-corrected chi connectivity index (χ2v) is 6.52. The van der Waals surface area contributed by atoms with E-state index in [0.29, 0.717) is 18.6 Å². The summed E-state index contributed by atoms with van der Waals surface area (Å²) in [5.74, 6) is -1.18. The van der Waals surface area contributed by atoms with Crippen LogP contribution in [0.5, 0.6) is 0 Å². The number of nitrogens with zero attached hydrogens (tertiary/aromatic N) is 1. The minimum absolute atomic E-state index is 0.0232. The monoisotopic (exact) mass is 320 g/mol. The number of carboxylic acid groups (broad SMARTS) is 1. The van der Waals surface area contributed by atoms with Crippen molar-refractivity contribution in [3.63, 3.8) is 0 Å². The molecular weight excluding hydrogens is 304 g/mol. The molecule has 0 atom stereocenters. The van der Waals surface area contributed by atoms with Gasteiger partial charge in [-0.15, -0.1) is 11.8 Å². The van der Waals surface area contributed by atoms with E-state index in [4.69, 9.17) is 5.11 Å². The van der Waals surface area contributed by atoms with Crippen LogP contribution in [0.2, 0.25) is 0 Å². The van der Waals surface area contributed by atoms with E-state index in [0.717, 1.165) is 10.6 Å². The molecular formula is C15H16N2O4S. The van der Waals surface area contributed by atoms with Gasteiger partial charge in [-0.2, -0.15) is 0 Å². The van der Waals surface area contributed by atoms with Gasteiger partial charge in [0.1, 0.15) is 6.54 Å². The van der Waals surface area contributed by atoms with Crippen molar-refractivity contribution in [3.8, 4) is 0 Å². The first-order valence-electron chi connectivity index (χ1n) is 7.09.